The minimum atomic E-state index is -3.12. The Morgan fingerprint density at radius 1 is 0.585 bits per heavy atom. The Balaban J connectivity index is 0.000000239. The van der Waals surface area contributed by atoms with Crippen LogP contribution < -0.4 is 9.37 Å². The summed E-state index contributed by atoms with van der Waals surface area (Å²) in [5.74, 6) is -6.14. The number of carboxylic acids is 1. The molecule has 0 bridgehead atoms. The van der Waals surface area contributed by atoms with Gasteiger partial charge in [0.2, 0.25) is 0 Å². The SMILES string of the molecule is O=C(O)c1ccccc1C(=O)O[C@@]1([C@@]2(CO)O[C@H](CO)[C@H](O)[C@@H]2O)O[C@H](CO)[C@H](O)[C@H](O)[C@H]1O.c1cc[c]([Pb]([c]2ccccc2)[c]2ccccc2)cc1. The Kier molecular flexibility index (Phi) is 13.5. The first-order valence-electron chi connectivity index (χ1n) is 16.6. The second-order valence-electron chi connectivity index (χ2n) is 12.5. The summed E-state index contributed by atoms with van der Waals surface area (Å²) in [5, 5.41) is 91.3. The van der Waals surface area contributed by atoms with Gasteiger partial charge in [0, 0.05) is 0 Å². The van der Waals surface area contributed by atoms with Crippen LogP contribution in [0.1, 0.15) is 20.7 Å². The number of carbonyl (C=O) groups is 2. The number of hydrogen-bond acceptors (Lipinski definition) is 13. The van der Waals surface area contributed by atoms with Crippen molar-refractivity contribution in [2.75, 3.05) is 19.8 Å². The van der Waals surface area contributed by atoms with Crippen LogP contribution in [0.15, 0.2) is 115 Å². The van der Waals surface area contributed by atoms with E-state index in [0.29, 0.717) is 0 Å². The molecule has 2 heterocycles. The summed E-state index contributed by atoms with van der Waals surface area (Å²) in [4.78, 5) is 24.7. The summed E-state index contributed by atoms with van der Waals surface area (Å²) in [6.45, 7) is -3.26. The molecule has 0 aromatic heterocycles. The van der Waals surface area contributed by atoms with E-state index in [1.54, 1.807) is 9.37 Å². The van der Waals surface area contributed by atoms with Crippen molar-refractivity contribution in [1.29, 1.82) is 0 Å². The number of carboxylic acid groups (broad SMARTS) is 1. The molecule has 2 fully saturated rings. The number of carbonyl (C=O) groups excluding carboxylic acids is 1. The van der Waals surface area contributed by atoms with Gasteiger partial charge in [-0.2, -0.15) is 0 Å². The summed E-state index contributed by atoms with van der Waals surface area (Å²) >= 11 is -2.17. The predicted octanol–water partition coefficient (Wildman–Crippen LogP) is -2.24. The molecule has 0 spiro atoms. The molecule has 9 N–H and O–H groups in total. The van der Waals surface area contributed by atoms with E-state index >= 15 is 0 Å². The molecule has 2 aliphatic rings. The van der Waals surface area contributed by atoms with E-state index in [1.807, 2.05) is 0 Å². The fourth-order valence-corrected chi connectivity index (χ4v) is 16.6. The third kappa shape index (κ3) is 7.94. The monoisotopic (exact) mass is 929 g/mol. The Hall–Kier alpha value is -3.66. The van der Waals surface area contributed by atoms with Gasteiger partial charge >= 0.3 is 135 Å². The topological polar surface area (TPSA) is 244 Å². The van der Waals surface area contributed by atoms with E-state index in [-0.39, 0.29) is 0 Å². The molecule has 6 rings (SSSR count). The molecule has 1 radical (unpaired) electrons. The summed E-state index contributed by atoms with van der Waals surface area (Å²) in [6.07, 6.45) is -14.1. The van der Waals surface area contributed by atoms with Crippen molar-refractivity contribution in [3.05, 3.63) is 126 Å². The third-order valence-electron chi connectivity index (χ3n) is 9.31. The van der Waals surface area contributed by atoms with E-state index in [9.17, 15) is 55.5 Å². The third-order valence-corrected chi connectivity index (χ3v) is 19.9. The molecule has 15 heteroatoms. The van der Waals surface area contributed by atoms with E-state index in [0.717, 1.165) is 12.1 Å². The first kappa shape index (κ1) is 40.5. The molecule has 281 valence electrons. The molecular formula is C38H41O14Pb. The molecular weight excluding hydrogens is 888 g/mol. The predicted molar refractivity (Wildman–Crippen MR) is 189 cm³/mol. The molecule has 14 nitrogen and oxygen atoms in total. The van der Waals surface area contributed by atoms with Crippen molar-refractivity contribution in [2.24, 2.45) is 0 Å². The number of aromatic carboxylic acids is 1. The molecule has 0 aliphatic carbocycles. The van der Waals surface area contributed by atoms with Gasteiger partial charge < -0.3 is 60.2 Å². The Morgan fingerprint density at radius 2 is 1.02 bits per heavy atom. The molecule has 2 aliphatic heterocycles. The van der Waals surface area contributed by atoms with Crippen LogP contribution in [0.25, 0.3) is 0 Å². The number of aliphatic hydroxyl groups is 8. The van der Waals surface area contributed by atoms with Gasteiger partial charge in [-0.15, -0.1) is 0 Å². The minimum absolute atomic E-state index is 0.536. The fourth-order valence-electron chi connectivity index (χ4n) is 6.58. The zero-order chi connectivity index (χ0) is 38.3. The zero-order valence-corrected chi connectivity index (χ0v) is 32.1. The standard InChI is InChI=1S/C20H26O14.3C6H5.Pb/c21-5-10-12(24)14(26)16(28)20(33-10,19(7-23)15(27)13(25)11(6-22)32-19)34-18(31)9-4-2-1-3-8(9)17(29)30;3*1-2-4-6-5-3-1;/h1-4,10-16,21-28H,5-7H2,(H,29,30);3*1-5H;/t10-,11-,12+,13+,14+,15+,16-,19+,20+;;;;/m1..../s1. The van der Waals surface area contributed by atoms with Gasteiger partial charge in [-0.25, -0.2) is 9.59 Å². The van der Waals surface area contributed by atoms with E-state index in [1.165, 1.54) is 12.1 Å². The Bertz CT molecular complexity index is 1700. The van der Waals surface area contributed by atoms with Gasteiger partial charge in [0.15, 0.2) is 11.7 Å². The number of benzene rings is 4. The number of rotatable bonds is 10. The van der Waals surface area contributed by atoms with E-state index in [4.69, 9.17) is 14.2 Å². The van der Waals surface area contributed by atoms with Gasteiger partial charge in [0.1, 0.15) is 36.6 Å². The average molecular weight is 929 g/mol. The van der Waals surface area contributed by atoms with E-state index < -0.39 is 120 Å². The molecule has 0 unspecified atom stereocenters. The maximum atomic E-state index is 13.1. The van der Waals surface area contributed by atoms with Crippen LogP contribution in [-0.4, -0.2) is 155 Å². The van der Waals surface area contributed by atoms with Crippen LogP contribution in [0.5, 0.6) is 0 Å². The normalized spacial score (nSPS) is 29.6. The zero-order valence-electron chi connectivity index (χ0n) is 28.2. The van der Waals surface area contributed by atoms with Crippen LogP contribution in [0.3, 0.4) is 0 Å². The molecule has 0 saturated carbocycles. The summed E-state index contributed by atoms with van der Waals surface area (Å²) in [5.41, 5.74) is -3.88. The van der Waals surface area contributed by atoms with Crippen molar-refractivity contribution >= 4 is 44.0 Å². The summed E-state index contributed by atoms with van der Waals surface area (Å²) in [7, 11) is 0. The van der Waals surface area contributed by atoms with Gasteiger partial charge in [-0.1, -0.05) is 12.1 Å². The number of esters is 1. The van der Waals surface area contributed by atoms with Crippen molar-refractivity contribution in [1.82, 2.24) is 0 Å². The Morgan fingerprint density at radius 3 is 1.43 bits per heavy atom. The summed E-state index contributed by atoms with van der Waals surface area (Å²) < 4.78 is 20.8. The van der Waals surface area contributed by atoms with Crippen LogP contribution in [0.4, 0.5) is 0 Å². The summed E-state index contributed by atoms with van der Waals surface area (Å²) in [6, 6.07) is 37.7. The number of hydrogen-bond donors (Lipinski definition) is 9. The molecule has 4 aromatic carbocycles. The van der Waals surface area contributed by atoms with Crippen molar-refractivity contribution < 1.29 is 69.8 Å². The first-order chi connectivity index (χ1) is 25.5. The van der Waals surface area contributed by atoms with E-state index in [2.05, 4.69) is 91.0 Å². The number of aliphatic hydroxyl groups excluding tert-OH is 8. The van der Waals surface area contributed by atoms with Crippen LogP contribution in [-0.2, 0) is 14.2 Å². The molecule has 4 aromatic rings. The first-order valence-corrected chi connectivity index (χ1v) is 22.5. The maximum absolute atomic E-state index is 13.1. The Labute approximate surface area is 312 Å². The molecule has 9 atom stereocenters. The molecule has 2 saturated heterocycles. The van der Waals surface area contributed by atoms with Gasteiger partial charge in [-0.05, 0) is 12.1 Å². The van der Waals surface area contributed by atoms with Gasteiger partial charge in [0.25, 0.3) is 5.79 Å². The van der Waals surface area contributed by atoms with Crippen molar-refractivity contribution in [3.8, 4) is 0 Å². The van der Waals surface area contributed by atoms with Crippen LogP contribution in [0.2, 0.25) is 0 Å². The average Bonchev–Trinajstić information content (AvgIpc) is 3.45. The van der Waals surface area contributed by atoms with Crippen LogP contribution in [0, 0.1) is 0 Å². The second-order valence-corrected chi connectivity index (χ2v) is 22.1. The molecule has 53 heavy (non-hydrogen) atoms. The van der Waals surface area contributed by atoms with Gasteiger partial charge in [0.05, 0.1) is 30.9 Å². The second kappa shape index (κ2) is 17.7. The van der Waals surface area contributed by atoms with Crippen LogP contribution >= 0.6 is 0 Å². The van der Waals surface area contributed by atoms with Crippen molar-refractivity contribution in [2.45, 2.75) is 54.1 Å². The fraction of sp³-hybridized carbons (Fsp3) is 0.316. The van der Waals surface area contributed by atoms with Crippen molar-refractivity contribution in [3.63, 3.8) is 0 Å². The quantitative estimate of drug-likeness (QED) is 0.0604. The molecule has 0 amide bonds. The van der Waals surface area contributed by atoms with Gasteiger partial charge in [-0.3, -0.25) is 0 Å². The number of ether oxygens (including phenoxy) is 3.